The molecule has 1 atom stereocenters. The highest BCUT2D eigenvalue weighted by Gasteiger charge is 2.19. The third-order valence-electron chi connectivity index (χ3n) is 3.49. The van der Waals surface area contributed by atoms with E-state index in [1.807, 2.05) is 18.2 Å². The Bertz CT molecular complexity index is 646. The maximum absolute atomic E-state index is 12.2. The molecule has 0 spiro atoms. The smallest absolute Gasteiger partial charge is 0.306 e. The SMILES string of the molecule is CCc1cc2sc(C(=O)CC(C)C(=O)O)cc2cc1OC. The predicted molar refractivity (Wildman–Crippen MR) is 83.5 cm³/mol. The molecule has 0 aliphatic carbocycles. The number of carboxylic acids is 1. The van der Waals surface area contributed by atoms with E-state index in [0.29, 0.717) is 4.88 Å². The van der Waals surface area contributed by atoms with Gasteiger partial charge in [0.15, 0.2) is 5.78 Å². The molecular formula is C16H18O4S. The van der Waals surface area contributed by atoms with Gasteiger partial charge >= 0.3 is 5.97 Å². The van der Waals surface area contributed by atoms with Gasteiger partial charge in [-0.1, -0.05) is 13.8 Å². The van der Waals surface area contributed by atoms with E-state index < -0.39 is 11.9 Å². The number of carbonyl (C=O) groups is 2. The fraction of sp³-hybridized carbons (Fsp3) is 0.375. The highest BCUT2D eigenvalue weighted by atomic mass is 32.1. The van der Waals surface area contributed by atoms with E-state index in [9.17, 15) is 9.59 Å². The van der Waals surface area contributed by atoms with Gasteiger partial charge in [0.25, 0.3) is 0 Å². The van der Waals surface area contributed by atoms with Crippen LogP contribution in [0.2, 0.25) is 0 Å². The van der Waals surface area contributed by atoms with Crippen LogP contribution in [-0.4, -0.2) is 24.0 Å². The van der Waals surface area contributed by atoms with Gasteiger partial charge in [-0.25, -0.2) is 0 Å². The number of Topliss-reactive ketones (excluding diaryl/α,β-unsaturated/α-hetero) is 1. The van der Waals surface area contributed by atoms with Crippen LogP contribution in [0.4, 0.5) is 0 Å². The van der Waals surface area contributed by atoms with Crippen molar-refractivity contribution in [3.05, 3.63) is 28.6 Å². The van der Waals surface area contributed by atoms with Crippen LogP contribution in [0, 0.1) is 5.92 Å². The average Bonchev–Trinajstić information content (AvgIpc) is 2.88. The van der Waals surface area contributed by atoms with Gasteiger partial charge in [0, 0.05) is 11.1 Å². The molecule has 1 N–H and O–H groups in total. The van der Waals surface area contributed by atoms with Crippen molar-refractivity contribution >= 4 is 33.2 Å². The zero-order chi connectivity index (χ0) is 15.6. The first kappa shape index (κ1) is 15.5. The number of ketones is 1. The number of aryl methyl sites for hydroxylation is 1. The van der Waals surface area contributed by atoms with E-state index in [4.69, 9.17) is 9.84 Å². The van der Waals surface area contributed by atoms with Gasteiger partial charge in [-0.3, -0.25) is 9.59 Å². The molecule has 0 fully saturated rings. The van der Waals surface area contributed by atoms with Crippen LogP contribution in [-0.2, 0) is 11.2 Å². The molecule has 2 aromatic rings. The second-order valence-corrected chi connectivity index (χ2v) is 6.12. The maximum Gasteiger partial charge on any atom is 0.306 e. The molecule has 4 nitrogen and oxygen atoms in total. The zero-order valence-corrected chi connectivity index (χ0v) is 13.1. The van der Waals surface area contributed by atoms with Gasteiger partial charge in [-0.15, -0.1) is 11.3 Å². The minimum absolute atomic E-state index is 0.0277. The Labute approximate surface area is 127 Å². The number of thiophene rings is 1. The number of methoxy groups -OCH3 is 1. The second-order valence-electron chi connectivity index (χ2n) is 5.03. The first-order chi connectivity index (χ1) is 9.96. The molecule has 0 aliphatic rings. The minimum Gasteiger partial charge on any atom is -0.496 e. The largest absolute Gasteiger partial charge is 0.496 e. The molecule has 112 valence electrons. The van der Waals surface area contributed by atoms with Crippen molar-refractivity contribution in [2.75, 3.05) is 7.11 Å². The molecule has 2 rings (SSSR count). The number of fused-ring (bicyclic) bond motifs is 1. The number of ether oxygens (including phenoxy) is 1. The lowest BCUT2D eigenvalue weighted by atomic mass is 10.0. The second kappa shape index (κ2) is 6.26. The lowest BCUT2D eigenvalue weighted by molar-refractivity contribution is -0.141. The van der Waals surface area contributed by atoms with Crippen molar-refractivity contribution in [2.24, 2.45) is 5.92 Å². The first-order valence-electron chi connectivity index (χ1n) is 6.82. The third kappa shape index (κ3) is 3.24. The lowest BCUT2D eigenvalue weighted by Gasteiger charge is -2.05. The van der Waals surface area contributed by atoms with Crippen molar-refractivity contribution in [1.82, 2.24) is 0 Å². The third-order valence-corrected chi connectivity index (χ3v) is 4.63. The summed E-state index contributed by atoms with van der Waals surface area (Å²) in [7, 11) is 1.63. The van der Waals surface area contributed by atoms with Gasteiger partial charge in [-0.2, -0.15) is 0 Å². The summed E-state index contributed by atoms with van der Waals surface area (Å²) in [4.78, 5) is 23.6. The quantitative estimate of drug-likeness (QED) is 0.825. The summed E-state index contributed by atoms with van der Waals surface area (Å²) in [6, 6.07) is 5.79. The Morgan fingerprint density at radius 3 is 2.62 bits per heavy atom. The fourth-order valence-corrected chi connectivity index (χ4v) is 3.23. The number of carbonyl (C=O) groups excluding carboxylic acids is 1. The summed E-state index contributed by atoms with van der Waals surface area (Å²) < 4.78 is 6.38. The van der Waals surface area contributed by atoms with Crippen LogP contribution in [0.1, 0.15) is 35.5 Å². The maximum atomic E-state index is 12.2. The number of rotatable bonds is 6. The highest BCUT2D eigenvalue weighted by Crippen LogP contribution is 2.33. The fourth-order valence-electron chi connectivity index (χ4n) is 2.18. The van der Waals surface area contributed by atoms with E-state index in [1.165, 1.54) is 11.3 Å². The zero-order valence-electron chi connectivity index (χ0n) is 12.3. The average molecular weight is 306 g/mol. The van der Waals surface area contributed by atoms with E-state index in [2.05, 4.69) is 6.92 Å². The summed E-state index contributed by atoms with van der Waals surface area (Å²) in [5.41, 5.74) is 1.10. The normalized spacial score (nSPS) is 12.3. The number of carboxylic acid groups (broad SMARTS) is 1. The monoisotopic (exact) mass is 306 g/mol. The Morgan fingerprint density at radius 1 is 1.33 bits per heavy atom. The van der Waals surface area contributed by atoms with Crippen molar-refractivity contribution in [3.63, 3.8) is 0 Å². The molecule has 1 aromatic carbocycles. The lowest BCUT2D eigenvalue weighted by Crippen LogP contribution is -2.13. The molecule has 0 saturated carbocycles. The van der Waals surface area contributed by atoms with Gasteiger partial charge in [0.05, 0.1) is 17.9 Å². The summed E-state index contributed by atoms with van der Waals surface area (Å²) in [6.45, 7) is 3.60. The summed E-state index contributed by atoms with van der Waals surface area (Å²) in [5, 5.41) is 9.85. The Hall–Kier alpha value is -1.88. The molecule has 0 bridgehead atoms. The van der Waals surface area contributed by atoms with Crippen molar-refractivity contribution in [3.8, 4) is 5.75 Å². The van der Waals surface area contributed by atoms with Crippen LogP contribution in [0.25, 0.3) is 10.1 Å². The molecule has 1 aromatic heterocycles. The van der Waals surface area contributed by atoms with Crippen LogP contribution < -0.4 is 4.74 Å². The Morgan fingerprint density at radius 2 is 2.05 bits per heavy atom. The Balaban J connectivity index is 2.34. The van der Waals surface area contributed by atoms with Gasteiger partial charge in [0.2, 0.25) is 0 Å². The van der Waals surface area contributed by atoms with Crippen LogP contribution >= 0.6 is 11.3 Å². The van der Waals surface area contributed by atoms with Crippen LogP contribution in [0.5, 0.6) is 5.75 Å². The number of benzene rings is 1. The highest BCUT2D eigenvalue weighted by molar-refractivity contribution is 7.20. The molecule has 0 saturated heterocycles. The topological polar surface area (TPSA) is 63.6 Å². The number of hydrogen-bond donors (Lipinski definition) is 1. The number of hydrogen-bond acceptors (Lipinski definition) is 4. The standard InChI is InChI=1S/C16H18O4S/c1-4-10-7-14-11(6-13(10)20-3)8-15(21-14)12(17)5-9(2)16(18)19/h6-9H,4-5H2,1-3H3,(H,18,19). The molecule has 0 radical (unpaired) electrons. The van der Waals surface area contributed by atoms with Crippen LogP contribution in [0.15, 0.2) is 18.2 Å². The van der Waals surface area contributed by atoms with E-state index >= 15 is 0 Å². The van der Waals surface area contributed by atoms with Gasteiger partial charge in [0.1, 0.15) is 5.75 Å². The van der Waals surface area contributed by atoms with Crippen molar-refractivity contribution < 1.29 is 19.4 Å². The molecule has 0 amide bonds. The van der Waals surface area contributed by atoms with Crippen molar-refractivity contribution in [1.29, 1.82) is 0 Å². The summed E-state index contributed by atoms with van der Waals surface area (Å²) in [5.74, 6) is -0.910. The van der Waals surface area contributed by atoms with Gasteiger partial charge < -0.3 is 9.84 Å². The summed E-state index contributed by atoms with van der Waals surface area (Å²) in [6.07, 6.45) is 0.885. The van der Waals surface area contributed by atoms with E-state index in [1.54, 1.807) is 14.0 Å². The molecular weight excluding hydrogens is 288 g/mol. The molecule has 5 heteroatoms. The predicted octanol–water partition coefficient (Wildman–Crippen LogP) is 3.77. The molecule has 1 heterocycles. The Kier molecular flexibility index (Phi) is 4.63. The van der Waals surface area contributed by atoms with E-state index in [-0.39, 0.29) is 12.2 Å². The summed E-state index contributed by atoms with van der Waals surface area (Å²) >= 11 is 1.41. The van der Waals surface area contributed by atoms with E-state index in [0.717, 1.165) is 27.8 Å². The minimum atomic E-state index is -0.945. The molecule has 0 aliphatic heterocycles. The van der Waals surface area contributed by atoms with Crippen LogP contribution in [0.3, 0.4) is 0 Å². The first-order valence-corrected chi connectivity index (χ1v) is 7.64. The molecule has 21 heavy (non-hydrogen) atoms. The van der Waals surface area contributed by atoms with Gasteiger partial charge in [-0.05, 0) is 35.6 Å². The molecule has 1 unspecified atom stereocenters. The number of aliphatic carboxylic acids is 1. The van der Waals surface area contributed by atoms with Crippen molar-refractivity contribution in [2.45, 2.75) is 26.7 Å².